The molecule has 6 amide bonds. The van der Waals surface area contributed by atoms with Gasteiger partial charge in [0.15, 0.2) is 0 Å². The molecule has 12 nitrogen and oxygen atoms in total. The summed E-state index contributed by atoms with van der Waals surface area (Å²) in [6.45, 7) is 3.14. The summed E-state index contributed by atoms with van der Waals surface area (Å²) in [7, 11) is 0. The lowest BCUT2D eigenvalue weighted by Gasteiger charge is -2.08. The van der Waals surface area contributed by atoms with E-state index in [1.807, 2.05) is 10.9 Å². The molecule has 0 radical (unpaired) electrons. The molecule has 0 aromatic heterocycles. The maximum atomic E-state index is 11.9. The number of hydrogen-bond acceptors (Lipinski definition) is 6. The van der Waals surface area contributed by atoms with Gasteiger partial charge in [0, 0.05) is 22.8 Å². The molecule has 1 aromatic carbocycles. The number of primary amides is 2. The van der Waals surface area contributed by atoms with Gasteiger partial charge in [0.25, 0.3) is 0 Å². The first kappa shape index (κ1) is 22.1. The molecule has 0 spiro atoms. The molecule has 12 heteroatoms. The van der Waals surface area contributed by atoms with Crippen LogP contribution in [0.4, 0.5) is 21.0 Å². The molecule has 0 heterocycles. The second-order valence-corrected chi connectivity index (χ2v) is 5.67. The third-order valence-electron chi connectivity index (χ3n) is 3.00. The lowest BCUT2D eigenvalue weighted by Crippen LogP contribution is -2.26. The van der Waals surface area contributed by atoms with Crippen LogP contribution in [0.25, 0.3) is 0 Å². The van der Waals surface area contributed by atoms with E-state index in [0.29, 0.717) is 22.8 Å². The first-order valence-corrected chi connectivity index (χ1v) is 8.02. The highest BCUT2D eigenvalue weighted by molar-refractivity contribution is 6.07. The summed E-state index contributed by atoms with van der Waals surface area (Å²) in [6.07, 6.45) is -0.0621. The summed E-state index contributed by atoms with van der Waals surface area (Å²) in [5.41, 5.74) is 15.6. The van der Waals surface area contributed by atoms with E-state index in [-0.39, 0.29) is 24.7 Å². The van der Waals surface area contributed by atoms with Crippen molar-refractivity contribution < 1.29 is 19.2 Å². The molecular weight excluding hydrogens is 368 g/mol. The molecule has 0 unspecified atom stereocenters. The number of benzene rings is 1. The van der Waals surface area contributed by atoms with E-state index in [0.717, 1.165) is 0 Å². The van der Waals surface area contributed by atoms with Crippen molar-refractivity contribution in [3.8, 4) is 0 Å². The molecule has 0 aliphatic carbocycles. The van der Waals surface area contributed by atoms with Crippen LogP contribution < -0.4 is 33.0 Å². The van der Waals surface area contributed by atoms with Gasteiger partial charge < -0.3 is 22.1 Å². The minimum atomic E-state index is -0.817. The van der Waals surface area contributed by atoms with Crippen LogP contribution in [0.2, 0.25) is 0 Å². The van der Waals surface area contributed by atoms with Gasteiger partial charge in [-0.2, -0.15) is 10.2 Å². The van der Waals surface area contributed by atoms with Crippen LogP contribution in [0.5, 0.6) is 0 Å². The van der Waals surface area contributed by atoms with Crippen LogP contribution in [-0.4, -0.2) is 35.3 Å². The fourth-order valence-electron chi connectivity index (χ4n) is 1.89. The monoisotopic (exact) mass is 390 g/mol. The number of carbonyl (C=O) groups is 4. The van der Waals surface area contributed by atoms with Gasteiger partial charge in [-0.25, -0.2) is 20.4 Å². The number of amides is 6. The fraction of sp³-hybridized carbons (Fsp3) is 0.250. The maximum absolute atomic E-state index is 11.9. The Bertz CT molecular complexity index is 734. The maximum Gasteiger partial charge on any atom is 0.332 e. The lowest BCUT2D eigenvalue weighted by atomic mass is 10.2. The number of rotatable bonds is 8. The molecule has 1 rings (SSSR count). The van der Waals surface area contributed by atoms with Crippen molar-refractivity contribution in [3.63, 3.8) is 0 Å². The van der Waals surface area contributed by atoms with Crippen molar-refractivity contribution in [3.05, 3.63) is 24.3 Å². The fourth-order valence-corrected chi connectivity index (χ4v) is 1.89. The molecule has 0 fully saturated rings. The Hall–Kier alpha value is -3.96. The largest absolute Gasteiger partial charge is 0.350 e. The molecule has 0 saturated carbocycles. The number of nitrogens with one attached hydrogen (secondary N) is 4. The Morgan fingerprint density at radius 3 is 1.36 bits per heavy atom. The van der Waals surface area contributed by atoms with Gasteiger partial charge in [0.05, 0.1) is 12.8 Å². The summed E-state index contributed by atoms with van der Waals surface area (Å²) in [4.78, 5) is 44.9. The number of hydrazone groups is 2. The van der Waals surface area contributed by atoms with Crippen molar-refractivity contribution in [1.29, 1.82) is 0 Å². The molecule has 0 atom stereocenters. The number of urea groups is 2. The molecule has 150 valence electrons. The molecule has 28 heavy (non-hydrogen) atoms. The highest BCUT2D eigenvalue weighted by atomic mass is 16.2. The summed E-state index contributed by atoms with van der Waals surface area (Å²) in [5, 5.41) is 12.6. The zero-order valence-corrected chi connectivity index (χ0v) is 15.4. The van der Waals surface area contributed by atoms with E-state index >= 15 is 0 Å². The second kappa shape index (κ2) is 10.9. The normalized spacial score (nSPS) is 11.4. The predicted octanol–water partition coefficient (Wildman–Crippen LogP) is 0.432. The molecule has 0 aliphatic rings. The molecule has 0 aliphatic heterocycles. The van der Waals surface area contributed by atoms with E-state index in [9.17, 15) is 19.2 Å². The molecule has 0 bridgehead atoms. The standard InChI is InChI=1S/C16H22N8O4/c1-9(21-23-15(17)27)7-13(25)19-11-3-5-12(6-4-11)20-14(26)8-10(2)22-24-16(18)28/h3-6H,7-8H2,1-2H3,(H,19,25)(H,20,26)(H3,17,23,27)(H3,18,24,28)/b21-9-,22-10-. The molecule has 0 saturated heterocycles. The topological polar surface area (TPSA) is 193 Å². The SMILES string of the molecule is C/C(CC(=O)Nc1ccc(NC(=O)C/C(C)=N\NC(N)=O)cc1)=N/NC(N)=O. The van der Waals surface area contributed by atoms with Crippen molar-refractivity contribution in [2.24, 2.45) is 21.7 Å². The highest BCUT2D eigenvalue weighted by Gasteiger charge is 2.07. The number of nitrogens with zero attached hydrogens (tertiary/aromatic N) is 2. The van der Waals surface area contributed by atoms with E-state index in [1.165, 1.54) is 0 Å². The Balaban J connectivity index is 2.52. The minimum absolute atomic E-state index is 0.0310. The van der Waals surface area contributed by atoms with Gasteiger partial charge in [-0.05, 0) is 38.1 Å². The molecule has 1 aromatic rings. The number of nitrogens with two attached hydrogens (primary N) is 2. The summed E-state index contributed by atoms with van der Waals surface area (Å²) < 4.78 is 0. The first-order valence-electron chi connectivity index (χ1n) is 8.02. The minimum Gasteiger partial charge on any atom is -0.350 e. The third kappa shape index (κ3) is 9.50. The van der Waals surface area contributed by atoms with Crippen molar-refractivity contribution >= 4 is 46.7 Å². The van der Waals surface area contributed by atoms with Gasteiger partial charge >= 0.3 is 12.1 Å². The van der Waals surface area contributed by atoms with Crippen molar-refractivity contribution in [1.82, 2.24) is 10.9 Å². The Kier molecular flexibility index (Phi) is 8.60. The molecule has 8 N–H and O–H groups in total. The van der Waals surface area contributed by atoms with Crippen LogP contribution in [0.3, 0.4) is 0 Å². The average Bonchev–Trinajstić information content (AvgIpc) is 2.59. The quantitative estimate of drug-likeness (QED) is 0.277. The van der Waals surface area contributed by atoms with Gasteiger partial charge in [0.2, 0.25) is 11.8 Å². The second-order valence-electron chi connectivity index (χ2n) is 5.67. The van der Waals surface area contributed by atoms with Gasteiger partial charge in [0.1, 0.15) is 0 Å². The number of anilines is 2. The number of carbonyl (C=O) groups excluding carboxylic acids is 4. The average molecular weight is 390 g/mol. The van der Waals surface area contributed by atoms with Crippen LogP contribution in [0.1, 0.15) is 26.7 Å². The van der Waals surface area contributed by atoms with Crippen LogP contribution >= 0.6 is 0 Å². The van der Waals surface area contributed by atoms with Gasteiger partial charge in [-0.15, -0.1) is 0 Å². The summed E-state index contributed by atoms with van der Waals surface area (Å²) >= 11 is 0. The number of hydrogen-bond donors (Lipinski definition) is 6. The van der Waals surface area contributed by atoms with Gasteiger partial charge in [-0.3, -0.25) is 9.59 Å². The Morgan fingerprint density at radius 1 is 0.750 bits per heavy atom. The van der Waals surface area contributed by atoms with E-state index in [4.69, 9.17) is 11.5 Å². The Labute approximate surface area is 160 Å². The van der Waals surface area contributed by atoms with E-state index in [1.54, 1.807) is 38.1 Å². The van der Waals surface area contributed by atoms with E-state index < -0.39 is 12.1 Å². The van der Waals surface area contributed by atoms with Gasteiger partial charge in [-0.1, -0.05) is 0 Å². The zero-order valence-electron chi connectivity index (χ0n) is 15.4. The Morgan fingerprint density at radius 2 is 1.07 bits per heavy atom. The van der Waals surface area contributed by atoms with Crippen molar-refractivity contribution in [2.75, 3.05) is 10.6 Å². The van der Waals surface area contributed by atoms with Crippen molar-refractivity contribution in [2.45, 2.75) is 26.7 Å². The van der Waals surface area contributed by atoms with Crippen LogP contribution in [-0.2, 0) is 9.59 Å². The predicted molar refractivity (Wildman–Crippen MR) is 105 cm³/mol. The first-order chi connectivity index (χ1) is 13.2. The smallest absolute Gasteiger partial charge is 0.332 e. The highest BCUT2D eigenvalue weighted by Crippen LogP contribution is 2.14. The summed E-state index contributed by atoms with van der Waals surface area (Å²) in [6, 6.07) is 4.80. The van der Waals surface area contributed by atoms with Crippen LogP contribution in [0.15, 0.2) is 34.5 Å². The lowest BCUT2D eigenvalue weighted by molar-refractivity contribution is -0.116. The van der Waals surface area contributed by atoms with Crippen LogP contribution in [0, 0.1) is 0 Å². The molecular formula is C16H22N8O4. The zero-order chi connectivity index (χ0) is 21.1. The third-order valence-corrected chi connectivity index (χ3v) is 3.00. The van der Waals surface area contributed by atoms with E-state index in [2.05, 4.69) is 20.8 Å². The summed E-state index contributed by atoms with van der Waals surface area (Å²) in [5.74, 6) is -0.670.